The van der Waals surface area contributed by atoms with Gasteiger partial charge in [0.05, 0.1) is 18.6 Å². The first-order chi connectivity index (χ1) is 12.4. The van der Waals surface area contributed by atoms with Crippen molar-refractivity contribution in [3.63, 3.8) is 0 Å². The Hall–Kier alpha value is -2.39. The largest absolute Gasteiger partial charge is 0.493 e. The predicted molar refractivity (Wildman–Crippen MR) is 89.3 cm³/mol. The minimum absolute atomic E-state index is 0.0266. The van der Waals surface area contributed by atoms with Gasteiger partial charge in [0.2, 0.25) is 10.0 Å². The lowest BCUT2D eigenvalue weighted by Gasteiger charge is -2.12. The zero-order valence-electron chi connectivity index (χ0n) is 13.9. The van der Waals surface area contributed by atoms with E-state index in [1.54, 1.807) is 12.1 Å². The van der Waals surface area contributed by atoms with Crippen molar-refractivity contribution in [1.82, 2.24) is 4.72 Å². The Balaban J connectivity index is 1.73. The third-order valence-corrected chi connectivity index (χ3v) is 5.28. The molecule has 0 atom stereocenters. The zero-order chi connectivity index (χ0) is 18.7. The lowest BCUT2D eigenvalue weighted by atomic mass is 10.2. The number of rotatable bonds is 7. The van der Waals surface area contributed by atoms with Crippen LogP contribution in [0.3, 0.4) is 0 Å². The molecule has 0 amide bonds. The van der Waals surface area contributed by atoms with Crippen LogP contribution in [0, 0.1) is 0 Å². The molecule has 6 nitrogen and oxygen atoms in total. The molecule has 3 rings (SSSR count). The molecular formula is C17H17F2NO5S. The quantitative estimate of drug-likeness (QED) is 0.793. The SMILES string of the molecule is COc1cc(CNS(=O)(=O)c2ccc3c(c2)CCO3)ccc1OC(F)F. The molecule has 0 fully saturated rings. The second-order valence-electron chi connectivity index (χ2n) is 5.56. The topological polar surface area (TPSA) is 73.9 Å². The van der Waals surface area contributed by atoms with E-state index in [2.05, 4.69) is 9.46 Å². The van der Waals surface area contributed by atoms with Gasteiger partial charge in [-0.2, -0.15) is 8.78 Å². The Morgan fingerprint density at radius 3 is 2.73 bits per heavy atom. The van der Waals surface area contributed by atoms with Crippen LogP contribution in [0.2, 0.25) is 0 Å². The van der Waals surface area contributed by atoms with Crippen LogP contribution in [-0.2, 0) is 23.0 Å². The molecule has 0 radical (unpaired) electrons. The van der Waals surface area contributed by atoms with Crippen LogP contribution in [0.1, 0.15) is 11.1 Å². The molecule has 0 bridgehead atoms. The van der Waals surface area contributed by atoms with E-state index >= 15 is 0 Å². The Labute approximate surface area is 149 Å². The van der Waals surface area contributed by atoms with Crippen molar-refractivity contribution >= 4 is 10.0 Å². The summed E-state index contributed by atoms with van der Waals surface area (Å²) in [6.07, 6.45) is 0.668. The van der Waals surface area contributed by atoms with E-state index in [-0.39, 0.29) is 22.9 Å². The summed E-state index contributed by atoms with van der Waals surface area (Å²) in [7, 11) is -2.41. The highest BCUT2D eigenvalue weighted by Gasteiger charge is 2.19. The molecular weight excluding hydrogens is 368 g/mol. The van der Waals surface area contributed by atoms with Crippen LogP contribution in [0.15, 0.2) is 41.3 Å². The highest BCUT2D eigenvalue weighted by Crippen LogP contribution is 2.30. The van der Waals surface area contributed by atoms with Crippen molar-refractivity contribution in [2.75, 3.05) is 13.7 Å². The van der Waals surface area contributed by atoms with Gasteiger partial charge in [0.25, 0.3) is 0 Å². The smallest absolute Gasteiger partial charge is 0.387 e. The number of fused-ring (bicyclic) bond motifs is 1. The van der Waals surface area contributed by atoms with Gasteiger partial charge in [-0.3, -0.25) is 0 Å². The first kappa shape index (κ1) is 18.4. The van der Waals surface area contributed by atoms with E-state index in [1.807, 2.05) is 0 Å². The minimum atomic E-state index is -3.73. The number of sulfonamides is 1. The highest BCUT2D eigenvalue weighted by molar-refractivity contribution is 7.89. The molecule has 1 N–H and O–H groups in total. The van der Waals surface area contributed by atoms with Crippen LogP contribution in [0.4, 0.5) is 8.78 Å². The van der Waals surface area contributed by atoms with Gasteiger partial charge < -0.3 is 14.2 Å². The number of alkyl halides is 2. The van der Waals surface area contributed by atoms with Gasteiger partial charge in [0.1, 0.15) is 5.75 Å². The summed E-state index contributed by atoms with van der Waals surface area (Å²) >= 11 is 0. The molecule has 1 aliphatic rings. The average molecular weight is 385 g/mol. The minimum Gasteiger partial charge on any atom is -0.493 e. The molecule has 1 aliphatic heterocycles. The van der Waals surface area contributed by atoms with E-state index in [0.29, 0.717) is 24.3 Å². The number of hydrogen-bond donors (Lipinski definition) is 1. The third-order valence-electron chi connectivity index (χ3n) is 3.88. The van der Waals surface area contributed by atoms with Crippen molar-refractivity contribution in [2.24, 2.45) is 0 Å². The molecule has 1 heterocycles. The van der Waals surface area contributed by atoms with E-state index in [4.69, 9.17) is 9.47 Å². The molecule has 2 aromatic rings. The van der Waals surface area contributed by atoms with Crippen molar-refractivity contribution in [3.05, 3.63) is 47.5 Å². The maximum Gasteiger partial charge on any atom is 0.387 e. The number of hydrogen-bond acceptors (Lipinski definition) is 5. The Bertz CT molecular complexity index is 902. The fourth-order valence-corrected chi connectivity index (χ4v) is 3.68. The van der Waals surface area contributed by atoms with Crippen LogP contribution in [0.5, 0.6) is 17.2 Å². The molecule has 0 spiro atoms. The van der Waals surface area contributed by atoms with E-state index < -0.39 is 16.6 Å². The summed E-state index contributed by atoms with van der Waals surface area (Å²) in [6, 6.07) is 8.94. The van der Waals surface area contributed by atoms with Gasteiger partial charge >= 0.3 is 6.61 Å². The fraction of sp³-hybridized carbons (Fsp3) is 0.294. The molecule has 0 aromatic heterocycles. The van der Waals surface area contributed by atoms with Crippen LogP contribution < -0.4 is 18.9 Å². The van der Waals surface area contributed by atoms with Gasteiger partial charge in [0, 0.05) is 13.0 Å². The molecule has 9 heteroatoms. The molecule has 0 unspecified atom stereocenters. The molecule has 0 saturated carbocycles. The van der Waals surface area contributed by atoms with Crippen molar-refractivity contribution in [1.29, 1.82) is 0 Å². The Morgan fingerprint density at radius 2 is 2.00 bits per heavy atom. The average Bonchev–Trinajstić information content (AvgIpc) is 3.08. The summed E-state index contributed by atoms with van der Waals surface area (Å²) in [5.41, 5.74) is 1.39. The molecule has 2 aromatic carbocycles. The van der Waals surface area contributed by atoms with Gasteiger partial charge in [-0.15, -0.1) is 0 Å². The summed E-state index contributed by atoms with van der Waals surface area (Å²) < 4.78 is 66.8. The van der Waals surface area contributed by atoms with Crippen molar-refractivity contribution in [3.8, 4) is 17.2 Å². The monoisotopic (exact) mass is 385 g/mol. The van der Waals surface area contributed by atoms with Gasteiger partial charge in [-0.1, -0.05) is 6.07 Å². The lowest BCUT2D eigenvalue weighted by molar-refractivity contribution is -0.0512. The van der Waals surface area contributed by atoms with E-state index in [9.17, 15) is 17.2 Å². The molecule has 0 saturated heterocycles. The number of halogens is 2. The molecule has 140 valence electrons. The normalized spacial score (nSPS) is 13.4. The van der Waals surface area contributed by atoms with Crippen molar-refractivity contribution < 1.29 is 31.4 Å². The lowest BCUT2D eigenvalue weighted by Crippen LogP contribution is -2.23. The number of benzene rings is 2. The van der Waals surface area contributed by atoms with E-state index in [1.165, 1.54) is 31.4 Å². The van der Waals surface area contributed by atoms with Gasteiger partial charge in [0.15, 0.2) is 11.5 Å². The zero-order valence-corrected chi connectivity index (χ0v) is 14.7. The first-order valence-electron chi connectivity index (χ1n) is 7.76. The molecule has 0 aliphatic carbocycles. The second-order valence-corrected chi connectivity index (χ2v) is 7.32. The Kier molecular flexibility index (Phi) is 5.28. The highest BCUT2D eigenvalue weighted by atomic mass is 32.2. The second kappa shape index (κ2) is 7.46. The fourth-order valence-electron chi connectivity index (χ4n) is 2.61. The Morgan fingerprint density at radius 1 is 1.19 bits per heavy atom. The number of ether oxygens (including phenoxy) is 3. The maximum absolute atomic E-state index is 12.5. The third kappa shape index (κ3) is 4.05. The summed E-state index contributed by atoms with van der Waals surface area (Å²) in [4.78, 5) is 0.145. The van der Waals surface area contributed by atoms with Gasteiger partial charge in [-0.25, -0.2) is 13.1 Å². The van der Waals surface area contributed by atoms with Crippen molar-refractivity contribution in [2.45, 2.75) is 24.5 Å². The van der Waals surface area contributed by atoms with Crippen LogP contribution in [-0.4, -0.2) is 28.7 Å². The number of methoxy groups -OCH3 is 1. The van der Waals surface area contributed by atoms with Gasteiger partial charge in [-0.05, 0) is 41.5 Å². The van der Waals surface area contributed by atoms with E-state index in [0.717, 1.165) is 5.56 Å². The number of nitrogens with one attached hydrogen (secondary N) is 1. The predicted octanol–water partition coefficient (Wildman–Crippen LogP) is 2.71. The van der Waals surface area contributed by atoms with Crippen LogP contribution in [0.25, 0.3) is 0 Å². The summed E-state index contributed by atoms with van der Waals surface area (Å²) in [5, 5.41) is 0. The first-order valence-corrected chi connectivity index (χ1v) is 9.24. The maximum atomic E-state index is 12.5. The van der Waals surface area contributed by atoms with Crippen LogP contribution >= 0.6 is 0 Å². The summed E-state index contributed by atoms with van der Waals surface area (Å²) in [6.45, 7) is -2.46. The summed E-state index contributed by atoms with van der Waals surface area (Å²) in [5.74, 6) is 0.674. The standard InChI is InChI=1S/C17H17F2NO5S/c1-23-16-8-11(2-4-15(16)25-17(18)19)10-20-26(21,22)13-3-5-14-12(9-13)6-7-24-14/h2-5,8-9,17,20H,6-7,10H2,1H3. The molecule has 26 heavy (non-hydrogen) atoms.